The van der Waals surface area contributed by atoms with Crippen LogP contribution in [0.4, 0.5) is 0 Å². The summed E-state index contributed by atoms with van der Waals surface area (Å²) in [6, 6.07) is 0. The third-order valence-corrected chi connectivity index (χ3v) is 7.62. The summed E-state index contributed by atoms with van der Waals surface area (Å²) in [6.45, 7) is 2.41. The Morgan fingerprint density at radius 1 is 1.26 bits per heavy atom. The van der Waals surface area contributed by atoms with Gasteiger partial charge in [0, 0.05) is 0 Å². The summed E-state index contributed by atoms with van der Waals surface area (Å²) in [5.74, 6) is 2.69. The molecule has 23 heavy (non-hydrogen) atoms. The zero-order valence-corrected chi connectivity index (χ0v) is 14.3. The fourth-order valence-corrected chi connectivity index (χ4v) is 6.56. The molecule has 0 heterocycles. The van der Waals surface area contributed by atoms with Crippen LogP contribution >= 0.6 is 0 Å². The number of carbonyl (C=O) groups is 1. The van der Waals surface area contributed by atoms with Crippen molar-refractivity contribution in [2.45, 2.75) is 70.8 Å². The average molecular weight is 318 g/mol. The third-order valence-electron chi connectivity index (χ3n) is 7.62. The summed E-state index contributed by atoms with van der Waals surface area (Å²) < 4.78 is 5.57. The maximum atomic E-state index is 10.7. The van der Waals surface area contributed by atoms with Gasteiger partial charge in [0.05, 0.1) is 6.10 Å². The number of hydrogen-bond donors (Lipinski definition) is 1. The van der Waals surface area contributed by atoms with Crippen LogP contribution in [0, 0.1) is 29.1 Å². The lowest BCUT2D eigenvalue weighted by atomic mass is 9.53. The van der Waals surface area contributed by atoms with E-state index < -0.39 is 5.97 Å². The first-order chi connectivity index (χ1) is 11.1. The van der Waals surface area contributed by atoms with Gasteiger partial charge in [0.15, 0.2) is 0 Å². The fraction of sp³-hybridized carbons (Fsp3) is 0.850. The molecule has 6 atom stereocenters. The van der Waals surface area contributed by atoms with Gasteiger partial charge >= 0.3 is 5.97 Å². The Labute approximate surface area is 139 Å². The molecular formula is C20H30O3. The number of carboxylic acid groups (broad SMARTS) is 1. The van der Waals surface area contributed by atoms with Gasteiger partial charge in [0.25, 0.3) is 0 Å². The topological polar surface area (TPSA) is 46.5 Å². The highest BCUT2D eigenvalue weighted by Crippen LogP contribution is 2.61. The van der Waals surface area contributed by atoms with Crippen molar-refractivity contribution >= 4 is 5.97 Å². The van der Waals surface area contributed by atoms with E-state index >= 15 is 0 Å². The Balaban J connectivity index is 1.46. The van der Waals surface area contributed by atoms with Gasteiger partial charge < -0.3 is 9.84 Å². The molecule has 4 aliphatic carbocycles. The quantitative estimate of drug-likeness (QED) is 0.784. The van der Waals surface area contributed by atoms with Gasteiger partial charge in [-0.3, -0.25) is 0 Å². The Hall–Kier alpha value is -0.830. The molecule has 0 radical (unpaired) electrons. The van der Waals surface area contributed by atoms with Crippen molar-refractivity contribution in [1.29, 1.82) is 0 Å². The second-order valence-electron chi connectivity index (χ2n) is 8.75. The summed E-state index contributed by atoms with van der Waals surface area (Å²) in [6.07, 6.45) is 14.3. The van der Waals surface area contributed by atoms with E-state index in [-0.39, 0.29) is 12.7 Å². The summed E-state index contributed by atoms with van der Waals surface area (Å²) in [7, 11) is 0. The SMILES string of the molecule is CC12CCCC1C1CC=C3C[C@@H](OCC(=O)O)CCC3C1CC2. The van der Waals surface area contributed by atoms with E-state index in [1.807, 2.05) is 0 Å². The Morgan fingerprint density at radius 2 is 2.13 bits per heavy atom. The minimum Gasteiger partial charge on any atom is -0.480 e. The zero-order valence-electron chi connectivity index (χ0n) is 14.3. The van der Waals surface area contributed by atoms with E-state index in [2.05, 4.69) is 13.0 Å². The highest BCUT2D eigenvalue weighted by molar-refractivity contribution is 5.68. The summed E-state index contributed by atoms with van der Waals surface area (Å²) in [5, 5.41) is 8.80. The average Bonchev–Trinajstić information content (AvgIpc) is 2.94. The molecule has 3 saturated carbocycles. The smallest absolute Gasteiger partial charge is 0.329 e. The molecule has 0 saturated heterocycles. The third kappa shape index (κ3) is 2.75. The van der Waals surface area contributed by atoms with Gasteiger partial charge in [0.2, 0.25) is 0 Å². The second kappa shape index (κ2) is 5.91. The predicted octanol–water partition coefficient (Wildman–Crippen LogP) is 4.42. The molecule has 0 bridgehead atoms. The molecule has 128 valence electrons. The van der Waals surface area contributed by atoms with E-state index in [0.29, 0.717) is 5.41 Å². The Bertz CT molecular complexity index is 511. The number of carboxylic acids is 1. The molecule has 0 spiro atoms. The Kier molecular flexibility index (Phi) is 4.03. The van der Waals surface area contributed by atoms with Gasteiger partial charge in [-0.1, -0.05) is 25.0 Å². The molecule has 0 amide bonds. The number of allylic oxidation sites excluding steroid dienone is 1. The van der Waals surface area contributed by atoms with Crippen molar-refractivity contribution in [3.05, 3.63) is 11.6 Å². The van der Waals surface area contributed by atoms with Crippen molar-refractivity contribution in [2.75, 3.05) is 6.61 Å². The summed E-state index contributed by atoms with van der Waals surface area (Å²) >= 11 is 0. The molecule has 5 unspecified atom stereocenters. The van der Waals surface area contributed by atoms with Gasteiger partial charge in [0.1, 0.15) is 6.61 Å². The van der Waals surface area contributed by atoms with Crippen LogP contribution in [-0.4, -0.2) is 23.8 Å². The number of hydrogen-bond acceptors (Lipinski definition) is 2. The van der Waals surface area contributed by atoms with Crippen LogP contribution in [0.25, 0.3) is 0 Å². The molecule has 0 aromatic carbocycles. The van der Waals surface area contributed by atoms with Crippen molar-refractivity contribution < 1.29 is 14.6 Å². The highest BCUT2D eigenvalue weighted by atomic mass is 16.5. The van der Waals surface area contributed by atoms with Gasteiger partial charge in [-0.05, 0) is 80.5 Å². The van der Waals surface area contributed by atoms with Gasteiger partial charge in [-0.15, -0.1) is 0 Å². The van der Waals surface area contributed by atoms with E-state index in [1.54, 1.807) is 5.57 Å². The first-order valence-corrected chi connectivity index (χ1v) is 9.59. The maximum absolute atomic E-state index is 10.7. The van der Waals surface area contributed by atoms with Crippen molar-refractivity contribution in [3.8, 4) is 0 Å². The van der Waals surface area contributed by atoms with Crippen LogP contribution in [0.15, 0.2) is 11.6 Å². The monoisotopic (exact) mass is 318 g/mol. The predicted molar refractivity (Wildman–Crippen MR) is 89.1 cm³/mol. The standard InChI is InChI=1S/C20H30O3/c1-20-9-2-3-18(20)17-6-4-13-11-14(23-12-19(21)22)5-7-15(13)16(17)8-10-20/h4,14-18H,2-3,5-12H2,1H3,(H,21,22)/t14-,15?,16?,17?,18?,20?/m0/s1. The number of aliphatic carboxylic acids is 1. The van der Waals surface area contributed by atoms with Crippen LogP contribution in [0.3, 0.4) is 0 Å². The van der Waals surface area contributed by atoms with Crippen LogP contribution in [-0.2, 0) is 9.53 Å². The molecule has 1 N–H and O–H groups in total. The maximum Gasteiger partial charge on any atom is 0.329 e. The van der Waals surface area contributed by atoms with Gasteiger partial charge in [-0.2, -0.15) is 0 Å². The van der Waals surface area contributed by atoms with E-state index in [1.165, 1.54) is 44.9 Å². The van der Waals surface area contributed by atoms with Gasteiger partial charge in [-0.25, -0.2) is 4.79 Å². The van der Waals surface area contributed by atoms with E-state index in [9.17, 15) is 4.79 Å². The fourth-order valence-electron chi connectivity index (χ4n) is 6.56. The minimum atomic E-state index is -0.849. The largest absolute Gasteiger partial charge is 0.480 e. The number of fused-ring (bicyclic) bond motifs is 5. The lowest BCUT2D eigenvalue weighted by molar-refractivity contribution is -0.145. The van der Waals surface area contributed by atoms with Crippen LogP contribution < -0.4 is 0 Å². The van der Waals surface area contributed by atoms with Crippen molar-refractivity contribution in [1.82, 2.24) is 0 Å². The zero-order chi connectivity index (χ0) is 16.0. The lowest BCUT2D eigenvalue weighted by Crippen LogP contribution is -2.44. The molecule has 4 aliphatic rings. The molecule has 3 fully saturated rings. The highest BCUT2D eigenvalue weighted by Gasteiger charge is 2.51. The number of ether oxygens (including phenoxy) is 1. The second-order valence-corrected chi connectivity index (χ2v) is 8.75. The molecule has 3 heteroatoms. The Morgan fingerprint density at radius 3 is 2.96 bits per heavy atom. The summed E-state index contributed by atoms with van der Waals surface area (Å²) in [5.41, 5.74) is 2.23. The lowest BCUT2D eigenvalue weighted by Gasteiger charge is -2.52. The molecule has 0 aliphatic heterocycles. The first kappa shape index (κ1) is 15.7. The molecule has 0 aromatic heterocycles. The van der Waals surface area contributed by atoms with Crippen molar-refractivity contribution in [2.24, 2.45) is 29.1 Å². The van der Waals surface area contributed by atoms with E-state index in [0.717, 1.165) is 36.5 Å². The molecule has 3 nitrogen and oxygen atoms in total. The van der Waals surface area contributed by atoms with Crippen LogP contribution in [0.1, 0.15) is 64.7 Å². The van der Waals surface area contributed by atoms with E-state index in [4.69, 9.17) is 9.84 Å². The first-order valence-electron chi connectivity index (χ1n) is 9.59. The normalized spacial score (nSPS) is 45.6. The molecule has 0 aromatic rings. The van der Waals surface area contributed by atoms with Crippen LogP contribution in [0.5, 0.6) is 0 Å². The van der Waals surface area contributed by atoms with Crippen LogP contribution in [0.2, 0.25) is 0 Å². The number of rotatable bonds is 3. The van der Waals surface area contributed by atoms with Crippen molar-refractivity contribution in [3.63, 3.8) is 0 Å². The summed E-state index contributed by atoms with van der Waals surface area (Å²) in [4.78, 5) is 10.7. The molecule has 4 rings (SSSR count). The molecular weight excluding hydrogens is 288 g/mol. The minimum absolute atomic E-state index is 0.130.